The van der Waals surface area contributed by atoms with Crippen LogP contribution in [0.1, 0.15) is 12.0 Å². The van der Waals surface area contributed by atoms with Gasteiger partial charge in [-0.25, -0.2) is 0 Å². The number of anilines is 5. The lowest BCUT2D eigenvalue weighted by Crippen LogP contribution is -2.38. The zero-order valence-corrected chi connectivity index (χ0v) is 31.3. The molecule has 1 atom stereocenters. The molecule has 264 valence electrons. The van der Waals surface area contributed by atoms with Gasteiger partial charge in [0.1, 0.15) is 0 Å². The Labute approximate surface area is 328 Å². The third-order valence-electron chi connectivity index (χ3n) is 11.8. The van der Waals surface area contributed by atoms with E-state index in [0.29, 0.717) is 0 Å². The molecule has 3 heterocycles. The van der Waals surface area contributed by atoms with Crippen LogP contribution < -0.4 is 20.2 Å². The summed E-state index contributed by atoms with van der Waals surface area (Å²) < 4.78 is 5.02. The fourth-order valence-corrected chi connectivity index (χ4v) is 10.8. The van der Waals surface area contributed by atoms with Crippen LogP contribution in [-0.4, -0.2) is 10.6 Å². The van der Waals surface area contributed by atoms with Gasteiger partial charge >= 0.3 is 0 Å². The number of fused-ring (bicyclic) bond motifs is 10. The standard InChI is InChI=1S/C52H35N3S/c1-3-16-35(17-4-1)53(37-30-32-46-43(33-37)50-38-20-8-7-15-34(38)29-31-47(50)54(46)36-18-5-2-6-19-36)48-27-13-23-41-42-24-14-28-49(52(42)56-51(41)48)55-44-25-11-9-21-39(44)40-22-10-12-26-45(40)55/h1-30,32-33,47H,31H2. The molecule has 0 radical (unpaired) electrons. The Morgan fingerprint density at radius 2 is 1.14 bits per heavy atom. The summed E-state index contributed by atoms with van der Waals surface area (Å²) in [6.45, 7) is 0. The smallest absolute Gasteiger partial charge is 0.0640 e. The maximum Gasteiger partial charge on any atom is 0.0640 e. The summed E-state index contributed by atoms with van der Waals surface area (Å²) in [5.74, 6) is 0. The first-order chi connectivity index (χ1) is 27.8. The highest BCUT2D eigenvalue weighted by atomic mass is 32.1. The van der Waals surface area contributed by atoms with Crippen molar-refractivity contribution in [3.8, 4) is 5.69 Å². The molecule has 0 spiro atoms. The van der Waals surface area contributed by atoms with E-state index in [0.717, 1.165) is 17.8 Å². The van der Waals surface area contributed by atoms with Gasteiger partial charge in [-0.3, -0.25) is 0 Å². The summed E-state index contributed by atoms with van der Waals surface area (Å²) >= 11 is 1.90. The predicted molar refractivity (Wildman–Crippen MR) is 238 cm³/mol. The van der Waals surface area contributed by atoms with E-state index in [-0.39, 0.29) is 6.04 Å². The van der Waals surface area contributed by atoms with Crippen molar-refractivity contribution in [1.82, 2.24) is 4.57 Å². The van der Waals surface area contributed by atoms with Crippen molar-refractivity contribution in [2.45, 2.75) is 12.5 Å². The van der Waals surface area contributed by atoms with Gasteiger partial charge < -0.3 is 14.4 Å². The number of thiophene rings is 1. The molecular formula is C52H35N3S. The first kappa shape index (κ1) is 31.5. The quantitative estimate of drug-likeness (QED) is 0.174. The maximum absolute atomic E-state index is 2.55. The van der Waals surface area contributed by atoms with Crippen LogP contribution in [0.25, 0.3) is 59.3 Å². The normalized spacial score (nSPS) is 14.6. The van der Waals surface area contributed by atoms with Gasteiger partial charge in [-0.2, -0.15) is 0 Å². The molecule has 2 aromatic heterocycles. The van der Waals surface area contributed by atoms with Crippen LogP contribution in [0.3, 0.4) is 0 Å². The Bertz CT molecular complexity index is 3250. The highest BCUT2D eigenvalue weighted by molar-refractivity contribution is 7.26. The zero-order chi connectivity index (χ0) is 36.7. The molecule has 0 saturated heterocycles. The molecule has 8 aromatic carbocycles. The summed E-state index contributed by atoms with van der Waals surface area (Å²) in [6, 6.07) is 69.3. The lowest BCUT2D eigenvalue weighted by atomic mass is 9.92. The lowest BCUT2D eigenvalue weighted by Gasteiger charge is -2.29. The molecule has 0 bridgehead atoms. The van der Waals surface area contributed by atoms with Crippen molar-refractivity contribution in [2.75, 3.05) is 9.80 Å². The molecular weight excluding hydrogens is 699 g/mol. The van der Waals surface area contributed by atoms with Crippen molar-refractivity contribution in [2.24, 2.45) is 0 Å². The van der Waals surface area contributed by atoms with E-state index in [1.807, 2.05) is 11.3 Å². The topological polar surface area (TPSA) is 11.4 Å². The van der Waals surface area contributed by atoms with Gasteiger partial charge in [-0.15, -0.1) is 11.3 Å². The molecule has 12 rings (SSSR count). The maximum atomic E-state index is 2.55. The largest absolute Gasteiger partial charge is 0.333 e. The number of nitrogens with zero attached hydrogens (tertiary/aromatic N) is 3. The minimum atomic E-state index is 0.230. The van der Waals surface area contributed by atoms with Gasteiger partial charge in [0.2, 0.25) is 0 Å². The predicted octanol–water partition coefficient (Wildman–Crippen LogP) is 12.5. The highest BCUT2D eigenvalue weighted by Crippen LogP contribution is 2.51. The Balaban J connectivity index is 1.10. The second kappa shape index (κ2) is 12.3. The molecule has 56 heavy (non-hydrogen) atoms. The van der Waals surface area contributed by atoms with Gasteiger partial charge in [-0.05, 0) is 89.2 Å². The second-order valence-electron chi connectivity index (χ2n) is 14.8. The first-order valence-corrected chi connectivity index (χ1v) is 20.2. The zero-order valence-electron chi connectivity index (χ0n) is 30.5. The molecule has 0 saturated carbocycles. The van der Waals surface area contributed by atoms with Crippen LogP contribution in [0.5, 0.6) is 0 Å². The Kier molecular flexibility index (Phi) is 6.92. The Hall–Kier alpha value is -6.88. The number of para-hydroxylation sites is 4. The molecule has 1 aliphatic heterocycles. The fraction of sp³-hybridized carbons (Fsp3) is 0.0385. The lowest BCUT2D eigenvalue weighted by molar-refractivity contribution is 0.845. The van der Waals surface area contributed by atoms with Gasteiger partial charge in [0.15, 0.2) is 0 Å². The first-order valence-electron chi connectivity index (χ1n) is 19.4. The monoisotopic (exact) mass is 733 g/mol. The molecule has 1 unspecified atom stereocenters. The molecule has 0 fully saturated rings. The van der Waals surface area contributed by atoms with Crippen molar-refractivity contribution >= 4 is 93.4 Å². The molecule has 0 amide bonds. The third-order valence-corrected chi connectivity index (χ3v) is 13.1. The summed E-state index contributed by atoms with van der Waals surface area (Å²) in [7, 11) is 0. The van der Waals surface area contributed by atoms with Gasteiger partial charge in [0, 0.05) is 49.9 Å². The van der Waals surface area contributed by atoms with Crippen molar-refractivity contribution in [3.63, 3.8) is 0 Å². The number of rotatable bonds is 5. The molecule has 4 heteroatoms. The summed E-state index contributed by atoms with van der Waals surface area (Å²) in [5, 5.41) is 7.75. The fourth-order valence-electron chi connectivity index (χ4n) is 9.51. The Morgan fingerprint density at radius 1 is 0.500 bits per heavy atom. The number of hydrogen-bond acceptors (Lipinski definition) is 3. The minimum Gasteiger partial charge on any atom is -0.333 e. The van der Waals surface area contributed by atoms with Crippen LogP contribution in [0.2, 0.25) is 0 Å². The van der Waals surface area contributed by atoms with E-state index >= 15 is 0 Å². The van der Waals surface area contributed by atoms with Crippen LogP contribution in [-0.2, 0) is 0 Å². The summed E-state index contributed by atoms with van der Waals surface area (Å²) in [4.78, 5) is 5.02. The molecule has 0 N–H and O–H groups in total. The number of aromatic nitrogens is 1. The van der Waals surface area contributed by atoms with Crippen LogP contribution in [0.15, 0.2) is 188 Å². The van der Waals surface area contributed by atoms with Crippen molar-refractivity contribution < 1.29 is 0 Å². The molecule has 1 aliphatic carbocycles. The minimum absolute atomic E-state index is 0.230. The van der Waals surface area contributed by atoms with E-state index in [9.17, 15) is 0 Å². The number of benzene rings is 8. The van der Waals surface area contributed by atoms with E-state index < -0.39 is 0 Å². The van der Waals surface area contributed by atoms with Crippen LogP contribution >= 0.6 is 11.3 Å². The molecule has 2 aliphatic rings. The van der Waals surface area contributed by atoms with Gasteiger partial charge in [0.25, 0.3) is 0 Å². The van der Waals surface area contributed by atoms with Crippen molar-refractivity contribution in [3.05, 3.63) is 204 Å². The molecule has 3 nitrogen and oxygen atoms in total. The van der Waals surface area contributed by atoms with Crippen LogP contribution in [0.4, 0.5) is 28.4 Å². The average molecular weight is 734 g/mol. The third kappa shape index (κ3) is 4.57. The number of hydrogen-bond donors (Lipinski definition) is 0. The van der Waals surface area contributed by atoms with Crippen LogP contribution in [0, 0.1) is 0 Å². The molecule has 10 aromatic rings. The second-order valence-corrected chi connectivity index (χ2v) is 15.8. The Morgan fingerprint density at radius 3 is 1.93 bits per heavy atom. The SMILES string of the molecule is C1=c2ccccc2=C2c3cc(N(c4ccccc4)c4cccc5c4sc4c(-n6c7ccccc7c7ccccc76)cccc45)ccc3N(c3ccccc3)C2C1. The summed E-state index contributed by atoms with van der Waals surface area (Å²) in [6.07, 6.45) is 3.38. The van der Waals surface area contributed by atoms with E-state index in [1.165, 1.54) is 86.3 Å². The van der Waals surface area contributed by atoms with Gasteiger partial charge in [0.05, 0.1) is 37.8 Å². The van der Waals surface area contributed by atoms with Crippen molar-refractivity contribution in [1.29, 1.82) is 0 Å². The van der Waals surface area contributed by atoms with Gasteiger partial charge in [-0.1, -0.05) is 127 Å². The highest BCUT2D eigenvalue weighted by Gasteiger charge is 2.36. The van der Waals surface area contributed by atoms with E-state index in [1.54, 1.807) is 0 Å². The van der Waals surface area contributed by atoms with E-state index in [2.05, 4.69) is 209 Å². The summed E-state index contributed by atoms with van der Waals surface area (Å²) in [5.41, 5.74) is 12.3. The van der Waals surface area contributed by atoms with E-state index in [4.69, 9.17) is 0 Å². The average Bonchev–Trinajstić information content (AvgIpc) is 3.93.